The molecule has 2 rings (SSSR count). The quantitative estimate of drug-likeness (QED) is 0.837. The van der Waals surface area contributed by atoms with E-state index in [-0.39, 0.29) is 11.9 Å². The van der Waals surface area contributed by atoms with Crippen LogP contribution in [0.5, 0.6) is 11.5 Å². The van der Waals surface area contributed by atoms with Crippen LogP contribution in [0.2, 0.25) is 0 Å². The minimum atomic E-state index is -0.722. The first-order chi connectivity index (χ1) is 8.95. The molecule has 1 aromatic rings. The van der Waals surface area contributed by atoms with E-state index in [0.717, 1.165) is 17.1 Å². The molecule has 0 saturated heterocycles. The first kappa shape index (κ1) is 13.9. The van der Waals surface area contributed by atoms with E-state index in [4.69, 9.17) is 14.2 Å². The van der Waals surface area contributed by atoms with Crippen LogP contribution in [0, 0.1) is 0 Å². The minimum Gasteiger partial charge on any atom is -0.497 e. The van der Waals surface area contributed by atoms with Gasteiger partial charge in [0, 0.05) is 32.3 Å². The largest absolute Gasteiger partial charge is 0.497 e. The van der Waals surface area contributed by atoms with E-state index < -0.39 is 5.79 Å². The molecule has 4 heteroatoms. The van der Waals surface area contributed by atoms with Crippen LogP contribution >= 0.6 is 0 Å². The lowest BCUT2D eigenvalue weighted by Crippen LogP contribution is -2.38. The van der Waals surface area contributed by atoms with Gasteiger partial charge in [0.05, 0.1) is 13.2 Å². The van der Waals surface area contributed by atoms with Gasteiger partial charge < -0.3 is 14.2 Å². The fourth-order valence-corrected chi connectivity index (χ4v) is 2.20. The number of hydrogen-bond acceptors (Lipinski definition) is 4. The van der Waals surface area contributed by atoms with Crippen molar-refractivity contribution in [1.29, 1.82) is 0 Å². The van der Waals surface area contributed by atoms with E-state index in [1.54, 1.807) is 7.11 Å². The Labute approximate surface area is 113 Å². The van der Waals surface area contributed by atoms with Gasteiger partial charge in [0.25, 0.3) is 0 Å². The third kappa shape index (κ3) is 3.07. The number of fused-ring (bicyclic) bond motifs is 1. The Morgan fingerprint density at radius 2 is 2.16 bits per heavy atom. The zero-order chi connectivity index (χ0) is 14.0. The Hall–Kier alpha value is -1.55. The number of carbonyl (C=O) groups is 1. The molecular weight excluding hydrogens is 244 g/mol. The average molecular weight is 264 g/mol. The first-order valence-electron chi connectivity index (χ1n) is 6.51. The third-order valence-corrected chi connectivity index (χ3v) is 3.15. The summed E-state index contributed by atoms with van der Waals surface area (Å²) in [5, 5.41) is 0. The van der Waals surface area contributed by atoms with Crippen molar-refractivity contribution in [2.45, 2.75) is 45.5 Å². The molecule has 104 valence electrons. The molecular formula is C15H20O4. The van der Waals surface area contributed by atoms with Crippen molar-refractivity contribution in [3.05, 3.63) is 23.8 Å². The van der Waals surface area contributed by atoms with E-state index in [1.807, 2.05) is 39.0 Å². The van der Waals surface area contributed by atoms with Gasteiger partial charge in [-0.25, -0.2) is 0 Å². The highest BCUT2D eigenvalue weighted by Gasteiger charge is 2.35. The van der Waals surface area contributed by atoms with Crippen molar-refractivity contribution in [2.24, 2.45) is 0 Å². The maximum atomic E-state index is 11.7. The summed E-state index contributed by atoms with van der Waals surface area (Å²) in [5.41, 5.74) is 0.875. The van der Waals surface area contributed by atoms with Crippen LogP contribution in [0.3, 0.4) is 0 Å². The predicted molar refractivity (Wildman–Crippen MR) is 71.4 cm³/mol. The molecule has 0 fully saturated rings. The normalized spacial score (nSPS) is 20.3. The lowest BCUT2D eigenvalue weighted by Gasteiger charge is -2.37. The Bertz CT molecular complexity index is 479. The Balaban J connectivity index is 2.36. The van der Waals surface area contributed by atoms with E-state index in [0.29, 0.717) is 12.8 Å². The summed E-state index contributed by atoms with van der Waals surface area (Å²) in [4.78, 5) is 11.7. The molecule has 1 aliphatic heterocycles. The molecule has 0 spiro atoms. The number of Topliss-reactive ketones (excluding diaryl/α,β-unsaturated/α-hetero) is 1. The smallest absolute Gasteiger partial charge is 0.205 e. The van der Waals surface area contributed by atoms with Crippen LogP contribution < -0.4 is 9.47 Å². The molecule has 0 N–H and O–H groups in total. The van der Waals surface area contributed by atoms with Crippen molar-refractivity contribution in [2.75, 3.05) is 7.11 Å². The van der Waals surface area contributed by atoms with Gasteiger partial charge in [-0.2, -0.15) is 0 Å². The highest BCUT2D eigenvalue weighted by Crippen LogP contribution is 2.42. The number of ketones is 1. The number of benzene rings is 1. The molecule has 0 aliphatic carbocycles. The highest BCUT2D eigenvalue weighted by molar-refractivity contribution is 5.79. The third-order valence-electron chi connectivity index (χ3n) is 3.15. The van der Waals surface area contributed by atoms with Gasteiger partial charge in [-0.15, -0.1) is 0 Å². The fraction of sp³-hybridized carbons (Fsp3) is 0.533. The zero-order valence-electron chi connectivity index (χ0n) is 11.9. The summed E-state index contributed by atoms with van der Waals surface area (Å²) in [5.74, 6) is 0.947. The van der Waals surface area contributed by atoms with Crippen LogP contribution in [-0.2, 0) is 9.53 Å². The molecule has 0 bridgehead atoms. The summed E-state index contributed by atoms with van der Waals surface area (Å²) in [6, 6.07) is 5.58. The van der Waals surface area contributed by atoms with Crippen molar-refractivity contribution in [3.63, 3.8) is 0 Å². The Kier molecular flexibility index (Phi) is 3.80. The molecule has 1 heterocycles. The maximum absolute atomic E-state index is 11.7. The molecule has 0 saturated carbocycles. The zero-order valence-corrected chi connectivity index (χ0v) is 11.9. The van der Waals surface area contributed by atoms with Gasteiger partial charge in [-0.1, -0.05) is 6.92 Å². The monoisotopic (exact) mass is 264 g/mol. The number of rotatable bonds is 4. The first-order valence-corrected chi connectivity index (χ1v) is 6.51. The second-order valence-electron chi connectivity index (χ2n) is 5.11. The summed E-state index contributed by atoms with van der Waals surface area (Å²) >= 11 is 0. The Morgan fingerprint density at radius 1 is 1.42 bits per heavy atom. The topological polar surface area (TPSA) is 44.8 Å². The van der Waals surface area contributed by atoms with E-state index >= 15 is 0 Å². The lowest BCUT2D eigenvalue weighted by atomic mass is 10.00. The van der Waals surface area contributed by atoms with Crippen LogP contribution in [0.25, 0.3) is 0 Å². The summed E-state index contributed by atoms with van der Waals surface area (Å²) in [7, 11) is 1.61. The van der Waals surface area contributed by atoms with Gasteiger partial charge >= 0.3 is 0 Å². The van der Waals surface area contributed by atoms with Crippen LogP contribution in [0.1, 0.15) is 45.3 Å². The van der Waals surface area contributed by atoms with Crippen LogP contribution in [0.15, 0.2) is 18.2 Å². The molecule has 19 heavy (non-hydrogen) atoms. The van der Waals surface area contributed by atoms with Crippen molar-refractivity contribution in [1.82, 2.24) is 0 Å². The van der Waals surface area contributed by atoms with Crippen molar-refractivity contribution >= 4 is 5.78 Å². The fourth-order valence-electron chi connectivity index (χ4n) is 2.20. The standard InChI is InChI=1S/C15H20O4/c1-5-10(16)8-14-12-9-11(17-4)6-7-13(12)18-15(2,3)19-14/h6-7,9,14H,5,8H2,1-4H3. The molecule has 0 amide bonds. The number of hydrogen-bond donors (Lipinski definition) is 0. The SMILES string of the molecule is CCC(=O)CC1OC(C)(C)Oc2ccc(OC)cc21. The Morgan fingerprint density at radius 3 is 2.79 bits per heavy atom. The average Bonchev–Trinajstić information content (AvgIpc) is 2.37. The number of carbonyl (C=O) groups excluding carboxylic acids is 1. The van der Waals surface area contributed by atoms with Gasteiger partial charge in [-0.05, 0) is 18.2 Å². The summed E-state index contributed by atoms with van der Waals surface area (Å²) < 4.78 is 16.9. The molecule has 1 atom stereocenters. The molecule has 1 aromatic carbocycles. The van der Waals surface area contributed by atoms with Crippen molar-refractivity contribution < 1.29 is 19.0 Å². The molecule has 0 aromatic heterocycles. The van der Waals surface area contributed by atoms with Crippen LogP contribution in [-0.4, -0.2) is 18.7 Å². The molecule has 1 unspecified atom stereocenters. The minimum absolute atomic E-state index is 0.177. The predicted octanol–water partition coefficient (Wildman–Crippen LogP) is 3.25. The number of methoxy groups -OCH3 is 1. The lowest BCUT2D eigenvalue weighted by molar-refractivity contribution is -0.208. The summed E-state index contributed by atoms with van der Waals surface area (Å²) in [6.45, 7) is 5.56. The van der Waals surface area contributed by atoms with E-state index in [9.17, 15) is 4.79 Å². The maximum Gasteiger partial charge on any atom is 0.205 e. The van der Waals surface area contributed by atoms with Gasteiger partial charge in [-0.3, -0.25) is 4.79 Å². The molecule has 4 nitrogen and oxygen atoms in total. The van der Waals surface area contributed by atoms with Crippen molar-refractivity contribution in [3.8, 4) is 11.5 Å². The van der Waals surface area contributed by atoms with Gasteiger partial charge in [0.1, 0.15) is 17.3 Å². The second-order valence-corrected chi connectivity index (χ2v) is 5.11. The molecule has 0 radical (unpaired) electrons. The summed E-state index contributed by atoms with van der Waals surface area (Å²) in [6.07, 6.45) is 0.602. The van der Waals surface area contributed by atoms with E-state index in [2.05, 4.69) is 0 Å². The molecule has 1 aliphatic rings. The highest BCUT2D eigenvalue weighted by atomic mass is 16.7. The second kappa shape index (κ2) is 5.21. The van der Waals surface area contributed by atoms with Gasteiger partial charge in [0.2, 0.25) is 5.79 Å². The van der Waals surface area contributed by atoms with Crippen LogP contribution in [0.4, 0.5) is 0 Å². The van der Waals surface area contributed by atoms with Gasteiger partial charge in [0.15, 0.2) is 0 Å². The number of ether oxygens (including phenoxy) is 3. The van der Waals surface area contributed by atoms with E-state index in [1.165, 1.54) is 0 Å².